The van der Waals surface area contributed by atoms with E-state index in [1.165, 1.54) is 53.5 Å². The van der Waals surface area contributed by atoms with Crippen molar-refractivity contribution in [1.82, 2.24) is 4.90 Å². The lowest BCUT2D eigenvalue weighted by molar-refractivity contribution is 0.103. The smallest absolute Gasteiger partial charge is 0.193 e. The SMILES string of the molecule is O=C(c1cccc(I)c1)c1ccc2scc(C3=CCN4CCCCC4CC3)c2c1. The summed E-state index contributed by atoms with van der Waals surface area (Å²) in [6, 6.07) is 14.8. The van der Waals surface area contributed by atoms with Gasteiger partial charge in [-0.3, -0.25) is 9.69 Å². The zero-order valence-corrected chi connectivity index (χ0v) is 19.3. The van der Waals surface area contributed by atoms with Crippen molar-refractivity contribution in [2.24, 2.45) is 0 Å². The molecule has 1 unspecified atom stereocenters. The molecule has 1 fully saturated rings. The maximum Gasteiger partial charge on any atom is 0.193 e. The molecule has 0 saturated carbocycles. The minimum atomic E-state index is 0.106. The molecule has 4 heteroatoms. The lowest BCUT2D eigenvalue weighted by Crippen LogP contribution is -2.38. The van der Waals surface area contributed by atoms with Gasteiger partial charge in [0.15, 0.2) is 5.78 Å². The summed E-state index contributed by atoms with van der Waals surface area (Å²) in [4.78, 5) is 15.7. The maximum atomic E-state index is 13.1. The summed E-state index contributed by atoms with van der Waals surface area (Å²) in [5.41, 5.74) is 4.34. The van der Waals surface area contributed by atoms with Gasteiger partial charge in [-0.1, -0.05) is 24.6 Å². The number of carbonyl (C=O) groups excluding carboxylic acids is 1. The molecular weight excluding hydrogens is 489 g/mol. The number of fused-ring (bicyclic) bond motifs is 2. The first-order valence-corrected chi connectivity index (χ1v) is 12.4. The summed E-state index contributed by atoms with van der Waals surface area (Å²) in [6.45, 7) is 2.31. The van der Waals surface area contributed by atoms with Gasteiger partial charge in [-0.25, -0.2) is 0 Å². The van der Waals surface area contributed by atoms with Gasteiger partial charge >= 0.3 is 0 Å². The molecule has 0 N–H and O–H groups in total. The zero-order chi connectivity index (χ0) is 19.8. The first kappa shape index (κ1) is 19.5. The number of carbonyl (C=O) groups is 1. The van der Waals surface area contributed by atoms with E-state index in [-0.39, 0.29) is 5.78 Å². The second-order valence-electron chi connectivity index (χ2n) is 8.11. The number of rotatable bonds is 3. The van der Waals surface area contributed by atoms with Crippen molar-refractivity contribution < 1.29 is 4.79 Å². The fourth-order valence-corrected chi connectivity index (χ4v) is 6.25. The molecule has 0 spiro atoms. The van der Waals surface area contributed by atoms with Crippen molar-refractivity contribution in [3.63, 3.8) is 0 Å². The quantitative estimate of drug-likeness (QED) is 0.285. The Morgan fingerprint density at radius 3 is 2.86 bits per heavy atom. The molecule has 2 aliphatic heterocycles. The van der Waals surface area contributed by atoms with E-state index in [4.69, 9.17) is 0 Å². The van der Waals surface area contributed by atoms with Crippen LogP contribution in [0.15, 0.2) is 53.9 Å². The number of hydrogen-bond acceptors (Lipinski definition) is 3. The fraction of sp³-hybridized carbons (Fsp3) is 0.320. The van der Waals surface area contributed by atoms with Crippen molar-refractivity contribution in [2.75, 3.05) is 13.1 Å². The molecule has 1 saturated heterocycles. The predicted octanol–water partition coefficient (Wildman–Crippen LogP) is 6.77. The van der Waals surface area contributed by atoms with Crippen LogP contribution in [-0.4, -0.2) is 29.8 Å². The van der Waals surface area contributed by atoms with Gasteiger partial charge in [-0.05, 0) is 102 Å². The van der Waals surface area contributed by atoms with Crippen LogP contribution in [0.3, 0.4) is 0 Å². The summed E-state index contributed by atoms with van der Waals surface area (Å²) in [5, 5.41) is 3.53. The minimum Gasteiger partial charge on any atom is -0.297 e. The van der Waals surface area contributed by atoms with Crippen LogP contribution in [-0.2, 0) is 0 Å². The molecule has 0 aliphatic carbocycles. The highest BCUT2D eigenvalue weighted by atomic mass is 127. The number of allylic oxidation sites excluding steroid dienone is 1. The van der Waals surface area contributed by atoms with Gasteiger partial charge in [0.1, 0.15) is 0 Å². The number of piperidine rings is 1. The topological polar surface area (TPSA) is 20.3 Å². The van der Waals surface area contributed by atoms with E-state index in [1.54, 1.807) is 11.3 Å². The molecule has 148 valence electrons. The summed E-state index contributed by atoms with van der Waals surface area (Å²) in [7, 11) is 0. The van der Waals surface area contributed by atoms with Crippen molar-refractivity contribution >= 4 is 55.4 Å². The second-order valence-corrected chi connectivity index (χ2v) is 10.3. The van der Waals surface area contributed by atoms with E-state index in [9.17, 15) is 4.79 Å². The van der Waals surface area contributed by atoms with E-state index >= 15 is 0 Å². The van der Waals surface area contributed by atoms with Crippen LogP contribution in [0.4, 0.5) is 0 Å². The van der Waals surface area contributed by atoms with Gasteiger partial charge in [0.25, 0.3) is 0 Å². The third-order valence-electron chi connectivity index (χ3n) is 6.34. The summed E-state index contributed by atoms with van der Waals surface area (Å²) >= 11 is 4.05. The number of hydrogen-bond donors (Lipinski definition) is 0. The molecule has 1 aromatic heterocycles. The first-order valence-electron chi connectivity index (χ1n) is 10.4. The van der Waals surface area contributed by atoms with Crippen molar-refractivity contribution in [3.8, 4) is 0 Å². The number of halogens is 1. The fourth-order valence-electron chi connectivity index (χ4n) is 4.74. The average molecular weight is 513 g/mol. The van der Waals surface area contributed by atoms with E-state index < -0.39 is 0 Å². The molecular formula is C25H24INOS. The van der Waals surface area contributed by atoms with E-state index in [0.717, 1.165) is 33.7 Å². The lowest BCUT2D eigenvalue weighted by Gasteiger charge is -2.33. The molecule has 29 heavy (non-hydrogen) atoms. The summed E-state index contributed by atoms with van der Waals surface area (Å²) in [6.07, 6.45) is 8.90. The Balaban J connectivity index is 1.48. The van der Waals surface area contributed by atoms with Crippen LogP contribution in [0.1, 0.15) is 53.6 Å². The van der Waals surface area contributed by atoms with Gasteiger partial charge in [-0.2, -0.15) is 0 Å². The molecule has 1 atom stereocenters. The molecule has 2 aromatic carbocycles. The van der Waals surface area contributed by atoms with Gasteiger partial charge in [0.05, 0.1) is 0 Å². The number of ketones is 1. The summed E-state index contributed by atoms with van der Waals surface area (Å²) < 4.78 is 2.35. The molecule has 0 bridgehead atoms. The van der Waals surface area contributed by atoms with Gasteiger partial charge in [-0.15, -0.1) is 11.3 Å². The molecule has 3 heterocycles. The van der Waals surface area contributed by atoms with Crippen LogP contribution in [0.2, 0.25) is 0 Å². The minimum absolute atomic E-state index is 0.106. The largest absolute Gasteiger partial charge is 0.297 e. The van der Waals surface area contributed by atoms with Crippen LogP contribution < -0.4 is 0 Å². The van der Waals surface area contributed by atoms with Crippen LogP contribution >= 0.6 is 33.9 Å². The molecule has 5 rings (SSSR count). The molecule has 2 nitrogen and oxygen atoms in total. The van der Waals surface area contributed by atoms with Crippen molar-refractivity contribution in [2.45, 2.75) is 38.1 Å². The monoisotopic (exact) mass is 513 g/mol. The third-order valence-corrected chi connectivity index (χ3v) is 7.97. The Morgan fingerprint density at radius 2 is 1.97 bits per heavy atom. The van der Waals surface area contributed by atoms with Crippen molar-refractivity contribution in [1.29, 1.82) is 0 Å². The van der Waals surface area contributed by atoms with Crippen molar-refractivity contribution in [3.05, 3.63) is 74.2 Å². The Kier molecular flexibility index (Phi) is 5.59. The third kappa shape index (κ3) is 3.94. The molecule has 0 amide bonds. The highest BCUT2D eigenvalue weighted by molar-refractivity contribution is 14.1. The Labute approximate surface area is 189 Å². The van der Waals surface area contributed by atoms with E-state index in [1.807, 2.05) is 30.3 Å². The Morgan fingerprint density at radius 1 is 1.07 bits per heavy atom. The zero-order valence-electron chi connectivity index (χ0n) is 16.4. The van der Waals surface area contributed by atoms with Gasteiger partial charge in [0, 0.05) is 37.4 Å². The van der Waals surface area contributed by atoms with E-state index in [2.05, 4.69) is 51.1 Å². The number of nitrogens with zero attached hydrogens (tertiary/aromatic N) is 1. The molecule has 0 radical (unpaired) electrons. The molecule has 2 aliphatic rings. The molecule has 3 aromatic rings. The number of thiophene rings is 1. The normalized spacial score (nSPS) is 20.2. The predicted molar refractivity (Wildman–Crippen MR) is 131 cm³/mol. The summed E-state index contributed by atoms with van der Waals surface area (Å²) in [5.74, 6) is 0.106. The average Bonchev–Trinajstić information content (AvgIpc) is 3.05. The Bertz CT molecular complexity index is 1100. The van der Waals surface area contributed by atoms with Gasteiger partial charge < -0.3 is 0 Å². The number of benzene rings is 2. The first-order chi connectivity index (χ1) is 14.2. The highest BCUT2D eigenvalue weighted by Gasteiger charge is 2.25. The second kappa shape index (κ2) is 8.32. The maximum absolute atomic E-state index is 13.1. The van der Waals surface area contributed by atoms with Crippen LogP contribution in [0, 0.1) is 3.57 Å². The Hall–Kier alpha value is -1.50. The van der Waals surface area contributed by atoms with E-state index in [0.29, 0.717) is 0 Å². The standard InChI is InChI=1S/C25H24INOS/c26-20-5-3-4-18(14-20)25(28)19-8-10-24-22(15-19)23(16-29-24)17-7-9-21-6-1-2-12-27(21)13-11-17/h3-5,8,10-11,14-16,21H,1-2,6-7,9,12-13H2. The van der Waals surface area contributed by atoms with Crippen LogP contribution in [0.25, 0.3) is 15.7 Å². The lowest BCUT2D eigenvalue weighted by atomic mass is 9.94. The van der Waals surface area contributed by atoms with Gasteiger partial charge in [0.2, 0.25) is 0 Å². The van der Waals surface area contributed by atoms with Crippen LogP contribution in [0.5, 0.6) is 0 Å². The highest BCUT2D eigenvalue weighted by Crippen LogP contribution is 2.37.